The molecule has 0 saturated heterocycles. The van der Waals surface area contributed by atoms with Gasteiger partial charge in [-0.3, -0.25) is 4.79 Å². The second kappa shape index (κ2) is 6.25. The molecule has 0 saturated carbocycles. The summed E-state index contributed by atoms with van der Waals surface area (Å²) in [5, 5.41) is 10.2. The fourth-order valence-corrected chi connectivity index (χ4v) is 1.78. The van der Waals surface area contributed by atoms with Gasteiger partial charge in [0.2, 0.25) is 5.89 Å². The summed E-state index contributed by atoms with van der Waals surface area (Å²) in [5.41, 5.74) is 0.441. The van der Waals surface area contributed by atoms with Crippen LogP contribution in [0.2, 0.25) is 0 Å². The zero-order valence-electron chi connectivity index (χ0n) is 11.3. The van der Waals surface area contributed by atoms with E-state index in [4.69, 9.17) is 4.42 Å². The van der Waals surface area contributed by atoms with Crippen molar-refractivity contribution in [2.45, 2.75) is 13.5 Å². The minimum atomic E-state index is -0.384. The lowest BCUT2D eigenvalue weighted by Crippen LogP contribution is -3.08. The van der Waals surface area contributed by atoms with E-state index in [-0.39, 0.29) is 18.3 Å². The summed E-state index contributed by atoms with van der Waals surface area (Å²) in [6.45, 7) is 2.39. The second-order valence-corrected chi connectivity index (χ2v) is 4.58. The summed E-state index contributed by atoms with van der Waals surface area (Å²) in [5.74, 6) is 0.393. The van der Waals surface area contributed by atoms with Gasteiger partial charge < -0.3 is 14.6 Å². The maximum absolute atomic E-state index is 13.0. The number of hydrogen-bond acceptors (Lipinski definition) is 4. The number of carbonyl (C=O) groups excluding carboxylic acids is 1. The lowest BCUT2D eigenvalue weighted by Gasteiger charge is -2.11. The number of quaternary nitrogens is 1. The second-order valence-electron chi connectivity index (χ2n) is 4.58. The van der Waals surface area contributed by atoms with E-state index in [0.29, 0.717) is 24.0 Å². The summed E-state index contributed by atoms with van der Waals surface area (Å²) in [6, 6.07) is 5.78. The van der Waals surface area contributed by atoms with Crippen LogP contribution in [0.15, 0.2) is 28.7 Å². The van der Waals surface area contributed by atoms with Gasteiger partial charge in [0.05, 0.1) is 7.05 Å². The molecule has 106 valence electrons. The van der Waals surface area contributed by atoms with Gasteiger partial charge >= 0.3 is 0 Å². The summed E-state index contributed by atoms with van der Waals surface area (Å²) >= 11 is 0. The van der Waals surface area contributed by atoms with Crippen molar-refractivity contribution in [3.63, 3.8) is 0 Å². The number of benzene rings is 1. The Kier molecular flexibility index (Phi) is 4.41. The van der Waals surface area contributed by atoms with Crippen molar-refractivity contribution >= 4 is 11.6 Å². The van der Waals surface area contributed by atoms with Crippen LogP contribution in [0.4, 0.5) is 10.1 Å². The molecule has 1 aromatic heterocycles. The van der Waals surface area contributed by atoms with Crippen molar-refractivity contribution in [3.8, 4) is 0 Å². The highest BCUT2D eigenvalue weighted by Crippen LogP contribution is 2.08. The molecule has 1 atom stereocenters. The van der Waals surface area contributed by atoms with Gasteiger partial charge in [-0.1, -0.05) is 6.07 Å². The molecule has 7 heteroatoms. The number of halogens is 1. The number of aryl methyl sites for hydroxylation is 1. The molecule has 0 bridgehead atoms. The van der Waals surface area contributed by atoms with Gasteiger partial charge in [0.25, 0.3) is 11.8 Å². The fraction of sp³-hybridized carbons (Fsp3) is 0.308. The van der Waals surface area contributed by atoms with Crippen molar-refractivity contribution < 1.29 is 18.5 Å². The van der Waals surface area contributed by atoms with E-state index in [0.717, 1.165) is 4.90 Å². The smallest absolute Gasteiger partial charge is 0.279 e. The first kappa shape index (κ1) is 14.1. The van der Waals surface area contributed by atoms with E-state index in [1.807, 2.05) is 7.05 Å². The highest BCUT2D eigenvalue weighted by molar-refractivity contribution is 5.91. The van der Waals surface area contributed by atoms with Crippen molar-refractivity contribution in [2.24, 2.45) is 0 Å². The predicted octanol–water partition coefficient (Wildman–Crippen LogP) is 0.171. The molecule has 0 fully saturated rings. The molecule has 6 nitrogen and oxygen atoms in total. The number of anilines is 1. The van der Waals surface area contributed by atoms with Crippen LogP contribution in [0, 0.1) is 12.7 Å². The molecule has 2 rings (SSSR count). The molecular formula is C13H16FN4O2+. The van der Waals surface area contributed by atoms with E-state index in [2.05, 4.69) is 15.5 Å². The molecule has 20 heavy (non-hydrogen) atoms. The normalized spacial score (nSPS) is 12.2. The Morgan fingerprint density at radius 1 is 1.45 bits per heavy atom. The molecular weight excluding hydrogens is 263 g/mol. The van der Waals surface area contributed by atoms with Crippen LogP contribution in [-0.2, 0) is 11.3 Å². The third kappa shape index (κ3) is 4.13. The van der Waals surface area contributed by atoms with Crippen LogP contribution in [0.25, 0.3) is 0 Å². The molecule has 0 spiro atoms. The zero-order valence-corrected chi connectivity index (χ0v) is 11.3. The van der Waals surface area contributed by atoms with Crippen LogP contribution in [0.1, 0.15) is 11.8 Å². The number of hydrogen-bond donors (Lipinski definition) is 2. The maximum Gasteiger partial charge on any atom is 0.279 e. The largest absolute Gasteiger partial charge is 0.420 e. The minimum absolute atomic E-state index is 0.204. The first-order valence-corrected chi connectivity index (χ1v) is 6.18. The Morgan fingerprint density at radius 2 is 2.25 bits per heavy atom. The van der Waals surface area contributed by atoms with E-state index in [1.165, 1.54) is 12.1 Å². The van der Waals surface area contributed by atoms with E-state index >= 15 is 0 Å². The Balaban J connectivity index is 1.84. The van der Waals surface area contributed by atoms with Crippen molar-refractivity contribution in [1.82, 2.24) is 10.2 Å². The van der Waals surface area contributed by atoms with Crippen LogP contribution in [-0.4, -0.2) is 29.7 Å². The Hall–Kier alpha value is -2.28. The molecule has 1 unspecified atom stereocenters. The van der Waals surface area contributed by atoms with Gasteiger partial charge in [-0.05, 0) is 18.2 Å². The third-order valence-electron chi connectivity index (χ3n) is 2.59. The standard InChI is InChI=1S/C13H15FN4O2/c1-9-16-17-13(20-9)8-18(2)7-12(19)15-11-5-3-4-10(14)6-11/h3-6H,7-8H2,1-2H3,(H,15,19)/p+1. The molecule has 2 aromatic rings. The number of nitrogens with one attached hydrogen (secondary N) is 2. The van der Waals surface area contributed by atoms with Gasteiger partial charge in [-0.25, -0.2) is 4.39 Å². The first-order chi connectivity index (χ1) is 9.52. The molecule has 1 amide bonds. The monoisotopic (exact) mass is 279 g/mol. The molecule has 0 aliphatic heterocycles. The van der Waals surface area contributed by atoms with E-state index < -0.39 is 0 Å². The van der Waals surface area contributed by atoms with Gasteiger partial charge in [0.1, 0.15) is 5.82 Å². The van der Waals surface area contributed by atoms with Crippen LogP contribution in [0.3, 0.4) is 0 Å². The number of aromatic nitrogens is 2. The topological polar surface area (TPSA) is 72.5 Å². The summed E-state index contributed by atoms with van der Waals surface area (Å²) in [7, 11) is 1.84. The Bertz CT molecular complexity index is 600. The quantitative estimate of drug-likeness (QED) is 0.818. The lowest BCUT2D eigenvalue weighted by atomic mass is 10.3. The van der Waals surface area contributed by atoms with Gasteiger partial charge in [0.15, 0.2) is 13.1 Å². The number of carbonyl (C=O) groups is 1. The number of likely N-dealkylation sites (N-methyl/N-ethyl adjacent to an activating group) is 1. The first-order valence-electron chi connectivity index (χ1n) is 6.18. The van der Waals surface area contributed by atoms with E-state index in [1.54, 1.807) is 19.1 Å². The molecule has 1 aromatic carbocycles. The maximum atomic E-state index is 13.0. The predicted molar refractivity (Wildman–Crippen MR) is 69.5 cm³/mol. The van der Waals surface area contributed by atoms with E-state index in [9.17, 15) is 9.18 Å². The van der Waals surface area contributed by atoms with Crippen LogP contribution in [0.5, 0.6) is 0 Å². The van der Waals surface area contributed by atoms with Crippen molar-refractivity contribution in [2.75, 3.05) is 18.9 Å². The minimum Gasteiger partial charge on any atom is -0.420 e. The zero-order chi connectivity index (χ0) is 14.5. The lowest BCUT2D eigenvalue weighted by molar-refractivity contribution is -0.886. The number of rotatable bonds is 5. The molecule has 0 aliphatic rings. The van der Waals surface area contributed by atoms with Crippen molar-refractivity contribution in [3.05, 3.63) is 41.9 Å². The number of amides is 1. The van der Waals surface area contributed by atoms with Gasteiger partial charge in [0, 0.05) is 12.6 Å². The van der Waals surface area contributed by atoms with Crippen LogP contribution < -0.4 is 10.2 Å². The average Bonchev–Trinajstić information content (AvgIpc) is 2.74. The highest BCUT2D eigenvalue weighted by Gasteiger charge is 2.14. The van der Waals surface area contributed by atoms with Gasteiger partial charge in [-0.15, -0.1) is 10.2 Å². The summed E-state index contributed by atoms with van der Waals surface area (Å²) in [6.07, 6.45) is 0. The van der Waals surface area contributed by atoms with Crippen molar-refractivity contribution in [1.29, 1.82) is 0 Å². The number of nitrogens with zero attached hydrogens (tertiary/aromatic N) is 2. The fourth-order valence-electron chi connectivity index (χ4n) is 1.78. The molecule has 2 N–H and O–H groups in total. The summed E-state index contributed by atoms with van der Waals surface area (Å²) < 4.78 is 18.2. The third-order valence-corrected chi connectivity index (χ3v) is 2.59. The summed E-state index contributed by atoms with van der Waals surface area (Å²) in [4.78, 5) is 12.7. The Morgan fingerprint density at radius 3 is 2.90 bits per heavy atom. The molecule has 0 aliphatic carbocycles. The highest BCUT2D eigenvalue weighted by atomic mass is 19.1. The molecule has 0 radical (unpaired) electrons. The Labute approximate surface area is 115 Å². The SMILES string of the molecule is Cc1nnc(C[NH+](C)CC(=O)Nc2cccc(F)c2)o1. The molecule has 1 heterocycles. The average molecular weight is 279 g/mol. The van der Waals surface area contributed by atoms with Gasteiger partial charge in [-0.2, -0.15) is 0 Å². The van der Waals surface area contributed by atoms with Crippen LogP contribution >= 0.6 is 0 Å².